The summed E-state index contributed by atoms with van der Waals surface area (Å²) in [4.78, 5) is 0. The van der Waals surface area contributed by atoms with E-state index in [1.807, 2.05) is 0 Å². The zero-order valence-corrected chi connectivity index (χ0v) is 13.9. The van der Waals surface area contributed by atoms with Gasteiger partial charge in [-0.1, -0.05) is 27.7 Å². The maximum atomic E-state index is 12.3. The molecule has 18 heavy (non-hydrogen) atoms. The molecular formula is C13H28ClNO2S. The van der Waals surface area contributed by atoms with Crippen LogP contribution in [0.3, 0.4) is 0 Å². The van der Waals surface area contributed by atoms with E-state index in [0.717, 1.165) is 12.8 Å². The molecule has 0 bridgehead atoms. The van der Waals surface area contributed by atoms with E-state index in [0.29, 0.717) is 24.9 Å². The summed E-state index contributed by atoms with van der Waals surface area (Å²) < 4.78 is 26.3. The SMILES string of the molecule is CC(C)CCN(CCC(C)C)S(=O)(=O)C(C)CCl. The van der Waals surface area contributed by atoms with E-state index < -0.39 is 15.3 Å². The molecule has 0 saturated heterocycles. The average molecular weight is 298 g/mol. The van der Waals surface area contributed by atoms with Crippen molar-refractivity contribution in [2.45, 2.75) is 52.7 Å². The molecule has 0 fully saturated rings. The van der Waals surface area contributed by atoms with E-state index in [2.05, 4.69) is 27.7 Å². The lowest BCUT2D eigenvalue weighted by molar-refractivity contribution is 0.354. The van der Waals surface area contributed by atoms with E-state index >= 15 is 0 Å². The highest BCUT2D eigenvalue weighted by Crippen LogP contribution is 2.15. The fraction of sp³-hybridized carbons (Fsp3) is 1.00. The monoisotopic (exact) mass is 297 g/mol. The predicted molar refractivity (Wildman–Crippen MR) is 79.6 cm³/mol. The van der Waals surface area contributed by atoms with Crippen molar-refractivity contribution in [1.82, 2.24) is 4.31 Å². The quantitative estimate of drug-likeness (QED) is 0.612. The zero-order valence-electron chi connectivity index (χ0n) is 12.3. The van der Waals surface area contributed by atoms with Crippen molar-refractivity contribution in [3.05, 3.63) is 0 Å². The van der Waals surface area contributed by atoms with Crippen LogP contribution < -0.4 is 0 Å². The smallest absolute Gasteiger partial charge is 0.212 e. The molecule has 0 aromatic heterocycles. The molecule has 0 aromatic carbocycles. The van der Waals surface area contributed by atoms with Gasteiger partial charge in [0.15, 0.2) is 0 Å². The number of rotatable bonds is 9. The molecule has 0 radical (unpaired) electrons. The van der Waals surface area contributed by atoms with Crippen molar-refractivity contribution in [2.75, 3.05) is 19.0 Å². The van der Waals surface area contributed by atoms with Crippen LogP contribution in [0.5, 0.6) is 0 Å². The third kappa shape index (κ3) is 6.39. The van der Waals surface area contributed by atoms with Crippen molar-refractivity contribution < 1.29 is 8.42 Å². The van der Waals surface area contributed by atoms with Gasteiger partial charge in [0.05, 0.1) is 5.25 Å². The summed E-state index contributed by atoms with van der Waals surface area (Å²) in [6.45, 7) is 11.3. The Kier molecular flexibility index (Phi) is 8.48. The van der Waals surface area contributed by atoms with E-state index in [9.17, 15) is 8.42 Å². The van der Waals surface area contributed by atoms with Crippen molar-refractivity contribution in [2.24, 2.45) is 11.8 Å². The molecule has 0 spiro atoms. The normalized spacial score (nSPS) is 14.7. The van der Waals surface area contributed by atoms with Gasteiger partial charge in [0.1, 0.15) is 0 Å². The molecule has 110 valence electrons. The fourth-order valence-electron chi connectivity index (χ4n) is 1.50. The first kappa shape index (κ1) is 18.2. The Labute approximate surface area is 118 Å². The number of halogens is 1. The molecule has 1 atom stereocenters. The summed E-state index contributed by atoms with van der Waals surface area (Å²) in [6, 6.07) is 0. The topological polar surface area (TPSA) is 37.4 Å². The largest absolute Gasteiger partial charge is 0.217 e. The van der Waals surface area contributed by atoms with Gasteiger partial charge < -0.3 is 0 Å². The minimum Gasteiger partial charge on any atom is -0.212 e. The fourth-order valence-corrected chi connectivity index (χ4v) is 3.37. The summed E-state index contributed by atoms with van der Waals surface area (Å²) in [5.74, 6) is 1.17. The van der Waals surface area contributed by atoms with Gasteiger partial charge in [-0.25, -0.2) is 12.7 Å². The van der Waals surface area contributed by atoms with Gasteiger partial charge in [-0.05, 0) is 31.6 Å². The third-order valence-electron chi connectivity index (χ3n) is 3.00. The number of alkyl halides is 1. The second kappa shape index (κ2) is 8.39. The summed E-state index contributed by atoms with van der Waals surface area (Å²) in [5, 5.41) is -0.501. The van der Waals surface area contributed by atoms with Crippen LogP contribution >= 0.6 is 11.6 Å². The summed E-state index contributed by atoms with van der Waals surface area (Å²) >= 11 is 5.70. The van der Waals surface area contributed by atoms with Gasteiger partial charge in [0.25, 0.3) is 0 Å². The van der Waals surface area contributed by atoms with Gasteiger partial charge >= 0.3 is 0 Å². The number of hydrogen-bond acceptors (Lipinski definition) is 2. The van der Waals surface area contributed by atoms with Crippen LogP contribution in [0, 0.1) is 11.8 Å². The summed E-state index contributed by atoms with van der Waals surface area (Å²) in [7, 11) is -3.24. The van der Waals surface area contributed by atoms with Gasteiger partial charge in [-0.15, -0.1) is 11.6 Å². The number of nitrogens with zero attached hydrogens (tertiary/aromatic N) is 1. The highest BCUT2D eigenvalue weighted by Gasteiger charge is 2.27. The second-order valence-corrected chi connectivity index (χ2v) is 8.43. The molecular weight excluding hydrogens is 270 g/mol. The lowest BCUT2D eigenvalue weighted by Crippen LogP contribution is -2.40. The Bertz CT molecular complexity index is 303. The maximum absolute atomic E-state index is 12.3. The molecule has 0 aliphatic rings. The van der Waals surface area contributed by atoms with Crippen LogP contribution in [0.1, 0.15) is 47.5 Å². The Morgan fingerprint density at radius 2 is 1.33 bits per heavy atom. The van der Waals surface area contributed by atoms with Crippen LogP contribution in [0.2, 0.25) is 0 Å². The minimum atomic E-state index is -3.24. The van der Waals surface area contributed by atoms with Gasteiger partial charge in [0, 0.05) is 19.0 Å². The van der Waals surface area contributed by atoms with E-state index in [4.69, 9.17) is 11.6 Å². The lowest BCUT2D eigenvalue weighted by atomic mass is 10.1. The van der Waals surface area contributed by atoms with Crippen LogP contribution in [0.25, 0.3) is 0 Å². The first-order valence-electron chi connectivity index (χ1n) is 6.76. The van der Waals surface area contributed by atoms with E-state index in [1.165, 1.54) is 0 Å². The van der Waals surface area contributed by atoms with Gasteiger partial charge in [-0.3, -0.25) is 0 Å². The van der Waals surface area contributed by atoms with Crippen LogP contribution in [-0.2, 0) is 10.0 Å². The average Bonchev–Trinajstić information content (AvgIpc) is 2.26. The van der Waals surface area contributed by atoms with Crippen molar-refractivity contribution in [3.63, 3.8) is 0 Å². The summed E-state index contributed by atoms with van der Waals surface area (Å²) in [6.07, 6.45) is 1.79. The van der Waals surface area contributed by atoms with E-state index in [-0.39, 0.29) is 5.88 Å². The second-order valence-electron chi connectivity index (χ2n) is 5.77. The van der Waals surface area contributed by atoms with Crippen molar-refractivity contribution >= 4 is 21.6 Å². The molecule has 0 N–H and O–H groups in total. The Balaban J connectivity index is 4.73. The van der Waals surface area contributed by atoms with Gasteiger partial charge in [0.2, 0.25) is 10.0 Å². The zero-order chi connectivity index (χ0) is 14.3. The minimum absolute atomic E-state index is 0.155. The van der Waals surface area contributed by atoms with Crippen molar-refractivity contribution in [1.29, 1.82) is 0 Å². The molecule has 0 aliphatic heterocycles. The first-order chi connectivity index (χ1) is 8.21. The van der Waals surface area contributed by atoms with E-state index in [1.54, 1.807) is 11.2 Å². The van der Waals surface area contributed by atoms with Gasteiger partial charge in [-0.2, -0.15) is 0 Å². The Hall–Kier alpha value is 0.200. The predicted octanol–water partition coefficient (Wildman–Crippen LogP) is 3.34. The van der Waals surface area contributed by atoms with Crippen LogP contribution in [-0.4, -0.2) is 36.9 Å². The van der Waals surface area contributed by atoms with Crippen LogP contribution in [0.15, 0.2) is 0 Å². The molecule has 3 nitrogen and oxygen atoms in total. The first-order valence-corrected chi connectivity index (χ1v) is 8.80. The standard InChI is InChI=1S/C13H28ClNO2S/c1-11(2)6-8-15(9-7-12(3)4)18(16,17)13(5)10-14/h11-13H,6-10H2,1-5H3. The Morgan fingerprint density at radius 3 is 1.61 bits per heavy atom. The molecule has 0 amide bonds. The maximum Gasteiger partial charge on any atom is 0.217 e. The molecule has 0 aliphatic carbocycles. The molecule has 0 saturated carbocycles. The third-order valence-corrected chi connectivity index (χ3v) is 5.91. The lowest BCUT2D eigenvalue weighted by Gasteiger charge is -2.26. The Morgan fingerprint density at radius 1 is 0.944 bits per heavy atom. The molecule has 1 unspecified atom stereocenters. The highest BCUT2D eigenvalue weighted by molar-refractivity contribution is 7.89. The number of hydrogen-bond donors (Lipinski definition) is 0. The number of sulfonamides is 1. The summed E-state index contributed by atoms with van der Waals surface area (Å²) in [5.41, 5.74) is 0. The molecule has 5 heteroatoms. The molecule has 0 rings (SSSR count). The molecule has 0 aromatic rings. The molecule has 0 heterocycles. The highest BCUT2D eigenvalue weighted by atomic mass is 35.5. The van der Waals surface area contributed by atoms with Crippen molar-refractivity contribution in [3.8, 4) is 0 Å². The van der Waals surface area contributed by atoms with Crippen LogP contribution in [0.4, 0.5) is 0 Å².